The second-order valence-electron chi connectivity index (χ2n) is 7.48. The number of para-hydroxylation sites is 2. The number of aromatic nitrogens is 1. The molecule has 34 heavy (non-hydrogen) atoms. The van der Waals surface area contributed by atoms with E-state index in [9.17, 15) is 8.42 Å². The number of sulfonamides is 1. The minimum absolute atomic E-state index is 0.0210. The van der Waals surface area contributed by atoms with Gasteiger partial charge < -0.3 is 13.9 Å². The number of rotatable bonds is 9. The fraction of sp³-hybridized carbons (Fsp3) is 0.192. The lowest BCUT2D eigenvalue weighted by atomic mass is 10.2. The molecular weight excluding hydrogens is 452 g/mol. The predicted molar refractivity (Wildman–Crippen MR) is 131 cm³/mol. The average Bonchev–Trinajstić information content (AvgIpc) is 3.24. The standard InChI is InChI=1S/C26H26N2O5S/c1-4-32-25-13-9-8-12-24(25)28(34(29,30)22-10-6-5-7-11-22)18-23-19(2)33-26(27-23)20-14-16-21(31-3)17-15-20/h5-17H,4,18H2,1-3H3. The minimum atomic E-state index is -3.92. The number of nitrogens with zero attached hydrogens (tertiary/aromatic N) is 2. The average molecular weight is 479 g/mol. The number of anilines is 1. The van der Waals surface area contributed by atoms with Gasteiger partial charge in [0.25, 0.3) is 10.0 Å². The third-order valence-electron chi connectivity index (χ3n) is 5.29. The Morgan fingerprint density at radius 3 is 2.29 bits per heavy atom. The van der Waals surface area contributed by atoms with Gasteiger partial charge in [-0.25, -0.2) is 13.4 Å². The van der Waals surface area contributed by atoms with Crippen molar-refractivity contribution in [1.82, 2.24) is 4.98 Å². The summed E-state index contributed by atoms with van der Waals surface area (Å²) in [4.78, 5) is 4.81. The van der Waals surface area contributed by atoms with Crippen LogP contribution in [-0.2, 0) is 16.6 Å². The van der Waals surface area contributed by atoms with E-state index in [0.717, 1.165) is 11.3 Å². The van der Waals surface area contributed by atoms with Crippen LogP contribution in [0.4, 0.5) is 5.69 Å². The van der Waals surface area contributed by atoms with E-state index in [1.54, 1.807) is 62.6 Å². The van der Waals surface area contributed by atoms with Crippen molar-refractivity contribution in [2.75, 3.05) is 18.0 Å². The Bertz CT molecular complexity index is 1350. The highest BCUT2D eigenvalue weighted by Crippen LogP contribution is 2.35. The van der Waals surface area contributed by atoms with Crippen molar-refractivity contribution in [1.29, 1.82) is 0 Å². The summed E-state index contributed by atoms with van der Waals surface area (Å²) in [6.07, 6.45) is 0. The Morgan fingerprint density at radius 1 is 0.941 bits per heavy atom. The molecule has 0 fully saturated rings. The monoisotopic (exact) mass is 478 g/mol. The summed E-state index contributed by atoms with van der Waals surface area (Å²) in [5.41, 5.74) is 1.71. The first-order chi connectivity index (χ1) is 16.4. The smallest absolute Gasteiger partial charge is 0.264 e. The van der Waals surface area contributed by atoms with Crippen molar-refractivity contribution < 1.29 is 22.3 Å². The Kier molecular flexibility index (Phi) is 6.88. The second-order valence-corrected chi connectivity index (χ2v) is 9.34. The zero-order valence-electron chi connectivity index (χ0n) is 19.3. The summed E-state index contributed by atoms with van der Waals surface area (Å²) in [6.45, 7) is 4.01. The van der Waals surface area contributed by atoms with E-state index in [4.69, 9.17) is 13.9 Å². The summed E-state index contributed by atoms with van der Waals surface area (Å²) in [5, 5.41) is 0. The third-order valence-corrected chi connectivity index (χ3v) is 7.06. The summed E-state index contributed by atoms with van der Waals surface area (Å²) < 4.78 is 45.7. The molecule has 1 heterocycles. The molecule has 0 amide bonds. The van der Waals surface area contributed by atoms with Gasteiger partial charge >= 0.3 is 0 Å². The molecule has 0 aliphatic rings. The topological polar surface area (TPSA) is 81.9 Å². The van der Waals surface area contributed by atoms with Crippen molar-refractivity contribution >= 4 is 15.7 Å². The van der Waals surface area contributed by atoms with E-state index in [2.05, 4.69) is 4.98 Å². The van der Waals surface area contributed by atoms with E-state index in [-0.39, 0.29) is 11.4 Å². The lowest BCUT2D eigenvalue weighted by Crippen LogP contribution is -2.31. The molecule has 8 heteroatoms. The molecule has 0 atom stereocenters. The van der Waals surface area contributed by atoms with Crippen molar-refractivity contribution in [3.8, 4) is 23.0 Å². The molecule has 0 bridgehead atoms. The minimum Gasteiger partial charge on any atom is -0.497 e. The molecule has 0 radical (unpaired) electrons. The molecule has 0 saturated carbocycles. The van der Waals surface area contributed by atoms with Crippen molar-refractivity contribution in [2.45, 2.75) is 25.3 Å². The molecular formula is C26H26N2O5S. The van der Waals surface area contributed by atoms with Crippen molar-refractivity contribution in [3.05, 3.63) is 90.3 Å². The van der Waals surface area contributed by atoms with Crippen LogP contribution in [0.15, 0.2) is 88.2 Å². The van der Waals surface area contributed by atoms with Gasteiger partial charge in [0.15, 0.2) is 0 Å². The van der Waals surface area contributed by atoms with Crippen LogP contribution in [0, 0.1) is 6.92 Å². The molecule has 7 nitrogen and oxygen atoms in total. The lowest BCUT2D eigenvalue weighted by molar-refractivity contribution is 0.341. The molecule has 4 rings (SSSR count). The van der Waals surface area contributed by atoms with Gasteiger partial charge in [0.2, 0.25) is 5.89 Å². The summed E-state index contributed by atoms with van der Waals surface area (Å²) in [6, 6.07) is 22.7. The quantitative estimate of drug-likeness (QED) is 0.318. The first-order valence-electron chi connectivity index (χ1n) is 10.8. The number of aryl methyl sites for hydroxylation is 1. The number of benzene rings is 3. The highest BCUT2D eigenvalue weighted by atomic mass is 32.2. The Hall–Kier alpha value is -3.78. The molecule has 0 spiro atoms. The summed E-state index contributed by atoms with van der Waals surface area (Å²) in [7, 11) is -2.32. The van der Waals surface area contributed by atoms with Crippen molar-refractivity contribution in [2.24, 2.45) is 0 Å². The van der Waals surface area contributed by atoms with Gasteiger partial charge in [-0.3, -0.25) is 4.31 Å². The van der Waals surface area contributed by atoms with Gasteiger partial charge in [0.05, 0.1) is 30.8 Å². The number of ether oxygens (including phenoxy) is 2. The van der Waals surface area contributed by atoms with E-state index in [0.29, 0.717) is 35.4 Å². The zero-order valence-corrected chi connectivity index (χ0v) is 20.1. The molecule has 0 unspecified atom stereocenters. The van der Waals surface area contributed by atoms with Crippen molar-refractivity contribution in [3.63, 3.8) is 0 Å². The number of oxazole rings is 1. The first-order valence-corrected chi connectivity index (χ1v) is 12.3. The highest BCUT2D eigenvalue weighted by Gasteiger charge is 2.29. The molecule has 0 aliphatic carbocycles. The fourth-order valence-corrected chi connectivity index (χ4v) is 4.99. The van der Waals surface area contributed by atoms with Gasteiger partial charge in [0, 0.05) is 5.56 Å². The zero-order chi connectivity index (χ0) is 24.1. The largest absolute Gasteiger partial charge is 0.497 e. The molecule has 0 saturated heterocycles. The maximum atomic E-state index is 13.8. The van der Waals surface area contributed by atoms with E-state index < -0.39 is 10.0 Å². The molecule has 4 aromatic rings. The van der Waals surface area contributed by atoms with E-state index >= 15 is 0 Å². The Balaban J connectivity index is 1.77. The van der Waals surface area contributed by atoms with Crippen LogP contribution in [0.25, 0.3) is 11.5 Å². The Morgan fingerprint density at radius 2 is 1.62 bits per heavy atom. The van der Waals surface area contributed by atoms with Crippen LogP contribution in [-0.4, -0.2) is 27.1 Å². The van der Waals surface area contributed by atoms with Crippen LogP contribution in [0.3, 0.4) is 0 Å². The molecule has 176 valence electrons. The van der Waals surface area contributed by atoms with E-state index in [1.807, 2.05) is 37.3 Å². The first kappa shape index (κ1) is 23.4. The SMILES string of the molecule is CCOc1ccccc1N(Cc1nc(-c2ccc(OC)cc2)oc1C)S(=O)(=O)c1ccccc1. The van der Waals surface area contributed by atoms with Gasteiger partial charge in [-0.15, -0.1) is 0 Å². The van der Waals surface area contributed by atoms with Gasteiger partial charge in [-0.2, -0.15) is 0 Å². The summed E-state index contributed by atoms with van der Waals surface area (Å²) in [5.74, 6) is 2.14. The summed E-state index contributed by atoms with van der Waals surface area (Å²) >= 11 is 0. The van der Waals surface area contributed by atoms with Crippen LogP contribution in [0.2, 0.25) is 0 Å². The fourth-order valence-electron chi connectivity index (χ4n) is 3.53. The third kappa shape index (κ3) is 4.77. The normalized spacial score (nSPS) is 11.3. The number of hydrogen-bond donors (Lipinski definition) is 0. The van der Waals surface area contributed by atoms with Crippen LogP contribution in [0.1, 0.15) is 18.4 Å². The van der Waals surface area contributed by atoms with Crippen LogP contribution < -0.4 is 13.8 Å². The maximum Gasteiger partial charge on any atom is 0.264 e. The lowest BCUT2D eigenvalue weighted by Gasteiger charge is -2.25. The number of methoxy groups -OCH3 is 1. The van der Waals surface area contributed by atoms with Crippen LogP contribution in [0.5, 0.6) is 11.5 Å². The van der Waals surface area contributed by atoms with E-state index in [1.165, 1.54) is 4.31 Å². The molecule has 0 aliphatic heterocycles. The van der Waals surface area contributed by atoms with Gasteiger partial charge in [-0.1, -0.05) is 30.3 Å². The van der Waals surface area contributed by atoms with Crippen LogP contribution >= 0.6 is 0 Å². The maximum absolute atomic E-state index is 13.8. The second kappa shape index (κ2) is 10.0. The highest BCUT2D eigenvalue weighted by molar-refractivity contribution is 7.92. The van der Waals surface area contributed by atoms with Gasteiger partial charge in [0.1, 0.15) is 23.0 Å². The predicted octanol–water partition coefficient (Wildman–Crippen LogP) is 5.45. The number of hydrogen-bond acceptors (Lipinski definition) is 6. The molecule has 1 aromatic heterocycles. The molecule has 3 aromatic carbocycles. The molecule has 0 N–H and O–H groups in total. The Labute approximate surface area is 199 Å². The van der Waals surface area contributed by atoms with Gasteiger partial charge in [-0.05, 0) is 62.4 Å².